The van der Waals surface area contributed by atoms with Crippen LogP contribution in [0.5, 0.6) is 0 Å². The molecule has 2 bridgehead atoms. The lowest BCUT2D eigenvalue weighted by Gasteiger charge is -2.45. The Labute approximate surface area is 97.4 Å². The van der Waals surface area contributed by atoms with Crippen molar-refractivity contribution in [1.29, 1.82) is 0 Å². The van der Waals surface area contributed by atoms with Crippen molar-refractivity contribution in [3.8, 4) is 0 Å². The van der Waals surface area contributed by atoms with Crippen molar-refractivity contribution in [2.24, 2.45) is 11.7 Å². The zero-order valence-electron chi connectivity index (χ0n) is 9.73. The third-order valence-electron chi connectivity index (χ3n) is 4.30. The van der Waals surface area contributed by atoms with Crippen LogP contribution in [0.3, 0.4) is 0 Å². The van der Waals surface area contributed by atoms with Crippen molar-refractivity contribution in [3.63, 3.8) is 0 Å². The highest BCUT2D eigenvalue weighted by atomic mass is 15.1. The Kier molecular flexibility index (Phi) is 2.70. The van der Waals surface area contributed by atoms with Gasteiger partial charge in [-0.15, -0.1) is 0 Å². The molecule has 0 saturated carbocycles. The molecule has 0 spiro atoms. The third kappa shape index (κ3) is 1.76. The van der Waals surface area contributed by atoms with Crippen molar-refractivity contribution in [2.75, 3.05) is 19.6 Å². The summed E-state index contributed by atoms with van der Waals surface area (Å²) in [7, 11) is 0. The molecule has 2 nitrogen and oxygen atoms in total. The van der Waals surface area contributed by atoms with E-state index in [0.717, 1.165) is 11.8 Å². The quantitative estimate of drug-likeness (QED) is 0.819. The van der Waals surface area contributed by atoms with Crippen molar-refractivity contribution >= 4 is 0 Å². The second-order valence-corrected chi connectivity index (χ2v) is 5.19. The molecule has 4 rings (SSSR count). The largest absolute Gasteiger partial charge is 0.326 e. The van der Waals surface area contributed by atoms with E-state index in [1.54, 1.807) is 0 Å². The van der Waals surface area contributed by atoms with E-state index in [-0.39, 0.29) is 0 Å². The first-order valence-corrected chi connectivity index (χ1v) is 6.38. The molecule has 0 aliphatic carbocycles. The Bertz CT molecular complexity index is 350. The van der Waals surface area contributed by atoms with E-state index in [4.69, 9.17) is 5.73 Å². The molecule has 2 N–H and O–H groups in total. The molecular formula is C14H20N2. The third-order valence-corrected chi connectivity index (χ3v) is 4.30. The lowest BCUT2D eigenvalue weighted by molar-refractivity contribution is 0.0871. The van der Waals surface area contributed by atoms with Crippen molar-refractivity contribution < 1.29 is 0 Å². The summed E-state index contributed by atoms with van der Waals surface area (Å²) in [6.45, 7) is 4.57. The minimum Gasteiger partial charge on any atom is -0.326 e. The van der Waals surface area contributed by atoms with E-state index < -0.39 is 0 Å². The van der Waals surface area contributed by atoms with Crippen molar-refractivity contribution in [1.82, 2.24) is 4.90 Å². The maximum Gasteiger partial charge on any atom is 0.0178 e. The molecule has 3 saturated heterocycles. The predicted octanol–water partition coefficient (Wildman–Crippen LogP) is 1.95. The van der Waals surface area contributed by atoms with Gasteiger partial charge >= 0.3 is 0 Å². The van der Waals surface area contributed by atoms with Crippen LogP contribution < -0.4 is 5.73 Å². The van der Waals surface area contributed by atoms with Crippen LogP contribution in [-0.2, 0) is 6.54 Å². The smallest absolute Gasteiger partial charge is 0.0178 e. The van der Waals surface area contributed by atoms with E-state index in [2.05, 4.69) is 29.2 Å². The number of hydrogen-bond donors (Lipinski definition) is 1. The average molecular weight is 216 g/mol. The maximum atomic E-state index is 5.63. The fraction of sp³-hybridized carbons (Fsp3) is 0.571. The number of fused-ring (bicyclic) bond motifs is 3. The molecule has 3 fully saturated rings. The Balaban J connectivity index is 1.81. The second kappa shape index (κ2) is 4.19. The lowest BCUT2D eigenvalue weighted by atomic mass is 9.75. The summed E-state index contributed by atoms with van der Waals surface area (Å²) in [5.41, 5.74) is 8.39. The molecule has 1 atom stereocenters. The van der Waals surface area contributed by atoms with E-state index >= 15 is 0 Å². The summed E-state index contributed by atoms with van der Waals surface area (Å²) in [6, 6.07) is 8.95. The zero-order chi connectivity index (χ0) is 11.0. The van der Waals surface area contributed by atoms with Crippen molar-refractivity contribution in [2.45, 2.75) is 25.3 Å². The Morgan fingerprint density at radius 2 is 1.81 bits per heavy atom. The summed E-state index contributed by atoms with van der Waals surface area (Å²) in [5.74, 6) is 1.70. The van der Waals surface area contributed by atoms with Crippen LogP contribution in [0.1, 0.15) is 29.9 Å². The van der Waals surface area contributed by atoms with Crippen LogP contribution in [0.2, 0.25) is 0 Å². The summed E-state index contributed by atoms with van der Waals surface area (Å²) < 4.78 is 0. The molecule has 1 aromatic rings. The molecule has 0 amide bonds. The van der Waals surface area contributed by atoms with Gasteiger partial charge in [-0.3, -0.25) is 0 Å². The number of benzene rings is 1. The summed E-state index contributed by atoms with van der Waals surface area (Å²) in [4.78, 5) is 2.61. The Hall–Kier alpha value is -0.860. The van der Waals surface area contributed by atoms with Crippen LogP contribution in [-0.4, -0.2) is 24.5 Å². The van der Waals surface area contributed by atoms with Gasteiger partial charge < -0.3 is 10.6 Å². The first-order chi connectivity index (χ1) is 7.86. The van der Waals surface area contributed by atoms with Gasteiger partial charge in [-0.2, -0.15) is 0 Å². The van der Waals surface area contributed by atoms with Gasteiger partial charge in [0.2, 0.25) is 0 Å². The van der Waals surface area contributed by atoms with Gasteiger partial charge in [0.05, 0.1) is 0 Å². The van der Waals surface area contributed by atoms with Crippen LogP contribution in [0, 0.1) is 5.92 Å². The molecule has 3 aliphatic heterocycles. The molecule has 3 heterocycles. The molecule has 1 aromatic carbocycles. The molecule has 2 heteroatoms. The van der Waals surface area contributed by atoms with E-state index in [1.165, 1.54) is 43.6 Å². The first-order valence-electron chi connectivity index (χ1n) is 6.38. The van der Waals surface area contributed by atoms with Gasteiger partial charge in [0.25, 0.3) is 0 Å². The zero-order valence-corrected chi connectivity index (χ0v) is 9.73. The standard InChI is InChI=1S/C14H20N2/c15-9-11-1-3-12(4-2-11)14-10-16-7-5-13(14)6-8-16/h1-4,13-14H,5-10,15H2. The highest BCUT2D eigenvalue weighted by Gasteiger charge is 2.34. The van der Waals surface area contributed by atoms with Crippen LogP contribution in [0.15, 0.2) is 24.3 Å². The number of piperidine rings is 3. The van der Waals surface area contributed by atoms with Gasteiger partial charge in [-0.1, -0.05) is 24.3 Å². The van der Waals surface area contributed by atoms with Gasteiger partial charge in [0, 0.05) is 13.1 Å². The second-order valence-electron chi connectivity index (χ2n) is 5.19. The maximum absolute atomic E-state index is 5.63. The molecule has 0 radical (unpaired) electrons. The molecular weight excluding hydrogens is 196 g/mol. The fourth-order valence-corrected chi connectivity index (χ4v) is 3.24. The monoisotopic (exact) mass is 216 g/mol. The molecule has 16 heavy (non-hydrogen) atoms. The number of nitrogens with zero attached hydrogens (tertiary/aromatic N) is 1. The molecule has 0 aromatic heterocycles. The molecule has 3 aliphatic rings. The predicted molar refractivity (Wildman–Crippen MR) is 66.2 cm³/mol. The van der Waals surface area contributed by atoms with Crippen LogP contribution in [0.25, 0.3) is 0 Å². The van der Waals surface area contributed by atoms with Crippen molar-refractivity contribution in [3.05, 3.63) is 35.4 Å². The van der Waals surface area contributed by atoms with E-state index in [0.29, 0.717) is 6.54 Å². The molecule has 86 valence electrons. The Morgan fingerprint density at radius 1 is 1.12 bits per heavy atom. The highest BCUT2D eigenvalue weighted by Crippen LogP contribution is 2.38. The van der Waals surface area contributed by atoms with Gasteiger partial charge in [0.1, 0.15) is 0 Å². The minimum atomic E-state index is 0.653. The summed E-state index contributed by atoms with van der Waals surface area (Å²) >= 11 is 0. The summed E-state index contributed by atoms with van der Waals surface area (Å²) in [6.07, 6.45) is 2.78. The first kappa shape index (κ1) is 10.3. The number of rotatable bonds is 2. The Morgan fingerprint density at radius 3 is 2.31 bits per heavy atom. The number of hydrogen-bond acceptors (Lipinski definition) is 2. The SMILES string of the molecule is NCc1ccc(C2CN3CCC2CC3)cc1. The van der Waals surface area contributed by atoms with Gasteiger partial charge in [-0.25, -0.2) is 0 Å². The van der Waals surface area contributed by atoms with Gasteiger partial charge in [0.15, 0.2) is 0 Å². The van der Waals surface area contributed by atoms with Gasteiger partial charge in [-0.05, 0) is 48.9 Å². The van der Waals surface area contributed by atoms with Crippen LogP contribution in [0.4, 0.5) is 0 Å². The normalized spacial score (nSPS) is 32.9. The summed E-state index contributed by atoms with van der Waals surface area (Å²) in [5, 5.41) is 0. The fourth-order valence-electron chi connectivity index (χ4n) is 3.24. The number of nitrogens with two attached hydrogens (primary N) is 1. The minimum absolute atomic E-state index is 0.653. The topological polar surface area (TPSA) is 29.3 Å². The highest BCUT2D eigenvalue weighted by molar-refractivity contribution is 5.27. The van der Waals surface area contributed by atoms with E-state index in [9.17, 15) is 0 Å². The van der Waals surface area contributed by atoms with E-state index in [1.807, 2.05) is 0 Å². The average Bonchev–Trinajstić information content (AvgIpc) is 2.40. The lowest BCUT2D eigenvalue weighted by Crippen LogP contribution is -2.46. The molecule has 1 unspecified atom stereocenters. The van der Waals surface area contributed by atoms with Crippen LogP contribution >= 0.6 is 0 Å².